The smallest absolute Gasteiger partial charge is 0.142 e. The molecule has 0 bridgehead atoms. The summed E-state index contributed by atoms with van der Waals surface area (Å²) in [5, 5.41) is 6.56. The van der Waals surface area contributed by atoms with Crippen LogP contribution in [-0.4, -0.2) is 26.1 Å². The van der Waals surface area contributed by atoms with Gasteiger partial charge >= 0.3 is 0 Å². The van der Waals surface area contributed by atoms with E-state index in [4.69, 9.17) is 0 Å². The van der Waals surface area contributed by atoms with E-state index in [0.717, 1.165) is 41.9 Å². The number of thiazole rings is 1. The summed E-state index contributed by atoms with van der Waals surface area (Å²) < 4.78 is 2.19. The average Bonchev–Trinajstić information content (AvgIpc) is 3.18. The highest BCUT2D eigenvalue weighted by molar-refractivity contribution is 7.13. The fourth-order valence-corrected chi connectivity index (χ4v) is 3.23. The number of aromatic nitrogens is 4. The number of pyridine rings is 1. The molecule has 5 nitrogen and oxygen atoms in total. The summed E-state index contributed by atoms with van der Waals surface area (Å²) in [6, 6.07) is 5.90. The largest absolute Gasteiger partial charge is 0.335 e. The first-order valence-corrected chi connectivity index (χ1v) is 8.64. The predicted molar refractivity (Wildman–Crippen MR) is 93.2 cm³/mol. The summed E-state index contributed by atoms with van der Waals surface area (Å²) in [6.07, 6.45) is 5.68. The SMILES string of the molecule is Cc1nccn1CC(C)CNCc1csc(-c2ccccn2)n1. The van der Waals surface area contributed by atoms with Crippen LogP contribution in [0.2, 0.25) is 0 Å². The Balaban J connectivity index is 1.48. The van der Waals surface area contributed by atoms with Gasteiger partial charge in [-0.15, -0.1) is 11.3 Å². The molecule has 3 aromatic rings. The van der Waals surface area contributed by atoms with E-state index in [1.165, 1.54) is 0 Å². The molecule has 0 radical (unpaired) electrons. The zero-order valence-electron chi connectivity index (χ0n) is 13.4. The Labute approximate surface area is 140 Å². The summed E-state index contributed by atoms with van der Waals surface area (Å²) in [5.74, 6) is 1.60. The summed E-state index contributed by atoms with van der Waals surface area (Å²) >= 11 is 1.64. The Hall–Kier alpha value is -2.05. The third-order valence-corrected chi connectivity index (χ3v) is 4.58. The van der Waals surface area contributed by atoms with Gasteiger partial charge in [0.1, 0.15) is 10.8 Å². The first kappa shape index (κ1) is 15.8. The third-order valence-electron chi connectivity index (χ3n) is 3.67. The first-order valence-electron chi connectivity index (χ1n) is 7.76. The van der Waals surface area contributed by atoms with Crippen LogP contribution in [0.3, 0.4) is 0 Å². The maximum Gasteiger partial charge on any atom is 0.142 e. The molecule has 1 unspecified atom stereocenters. The third kappa shape index (κ3) is 4.24. The van der Waals surface area contributed by atoms with Gasteiger partial charge in [0.2, 0.25) is 0 Å². The van der Waals surface area contributed by atoms with Crippen molar-refractivity contribution in [2.24, 2.45) is 5.92 Å². The molecular weight excluding hydrogens is 306 g/mol. The monoisotopic (exact) mass is 327 g/mol. The number of hydrogen-bond donors (Lipinski definition) is 1. The number of nitrogens with zero attached hydrogens (tertiary/aromatic N) is 4. The topological polar surface area (TPSA) is 55.6 Å². The van der Waals surface area contributed by atoms with Crippen LogP contribution in [0, 0.1) is 12.8 Å². The lowest BCUT2D eigenvalue weighted by molar-refractivity contribution is 0.439. The fourth-order valence-electron chi connectivity index (χ4n) is 2.44. The first-order chi connectivity index (χ1) is 11.2. The molecule has 3 rings (SSSR count). The summed E-state index contributed by atoms with van der Waals surface area (Å²) in [7, 11) is 0. The highest BCUT2D eigenvalue weighted by atomic mass is 32.1. The highest BCUT2D eigenvalue weighted by Crippen LogP contribution is 2.21. The van der Waals surface area contributed by atoms with E-state index < -0.39 is 0 Å². The van der Waals surface area contributed by atoms with Gasteiger partial charge in [0, 0.05) is 37.1 Å². The van der Waals surface area contributed by atoms with Gasteiger partial charge in [-0.25, -0.2) is 9.97 Å². The molecule has 0 aliphatic heterocycles. The highest BCUT2D eigenvalue weighted by Gasteiger charge is 2.07. The molecule has 0 aliphatic rings. The minimum atomic E-state index is 0.539. The molecule has 0 saturated carbocycles. The molecule has 1 N–H and O–H groups in total. The van der Waals surface area contributed by atoms with Gasteiger partial charge in [0.15, 0.2) is 0 Å². The second kappa shape index (κ2) is 7.48. The zero-order valence-corrected chi connectivity index (χ0v) is 14.3. The van der Waals surface area contributed by atoms with Crippen molar-refractivity contribution in [1.82, 2.24) is 24.8 Å². The van der Waals surface area contributed by atoms with Crippen LogP contribution in [0.5, 0.6) is 0 Å². The van der Waals surface area contributed by atoms with Crippen molar-refractivity contribution in [2.45, 2.75) is 26.9 Å². The van der Waals surface area contributed by atoms with Crippen LogP contribution in [-0.2, 0) is 13.1 Å². The molecule has 3 heterocycles. The quantitative estimate of drug-likeness (QED) is 0.724. The van der Waals surface area contributed by atoms with Crippen molar-refractivity contribution < 1.29 is 0 Å². The molecule has 0 saturated heterocycles. The predicted octanol–water partition coefficient (Wildman–Crippen LogP) is 3.14. The van der Waals surface area contributed by atoms with Gasteiger partial charge in [-0.05, 0) is 31.5 Å². The average molecular weight is 327 g/mol. The lowest BCUT2D eigenvalue weighted by atomic mass is 10.2. The molecule has 0 aliphatic carbocycles. The van der Waals surface area contributed by atoms with Gasteiger partial charge in [-0.2, -0.15) is 0 Å². The van der Waals surface area contributed by atoms with Crippen LogP contribution in [0.1, 0.15) is 18.4 Å². The van der Waals surface area contributed by atoms with Crippen molar-refractivity contribution in [2.75, 3.05) is 6.54 Å². The van der Waals surface area contributed by atoms with Crippen LogP contribution in [0.25, 0.3) is 10.7 Å². The normalized spacial score (nSPS) is 12.4. The van der Waals surface area contributed by atoms with Crippen LogP contribution < -0.4 is 5.32 Å². The van der Waals surface area contributed by atoms with Gasteiger partial charge in [0.25, 0.3) is 0 Å². The van der Waals surface area contributed by atoms with E-state index in [-0.39, 0.29) is 0 Å². The van der Waals surface area contributed by atoms with Gasteiger partial charge in [0.05, 0.1) is 11.4 Å². The molecule has 23 heavy (non-hydrogen) atoms. The van der Waals surface area contributed by atoms with E-state index in [9.17, 15) is 0 Å². The Morgan fingerprint density at radius 3 is 2.91 bits per heavy atom. The molecule has 1 atom stereocenters. The molecular formula is C17H21N5S. The summed E-state index contributed by atoms with van der Waals surface area (Å²) in [5.41, 5.74) is 2.01. The maximum atomic E-state index is 4.65. The number of aryl methyl sites for hydroxylation is 1. The number of hydrogen-bond acceptors (Lipinski definition) is 5. The molecule has 6 heteroatoms. The van der Waals surface area contributed by atoms with Crippen molar-refractivity contribution in [3.8, 4) is 10.7 Å². The second-order valence-electron chi connectivity index (χ2n) is 5.72. The summed E-state index contributed by atoms with van der Waals surface area (Å²) in [6.45, 7) is 7.00. The Kier molecular flexibility index (Phi) is 5.15. The van der Waals surface area contributed by atoms with Gasteiger partial charge in [-0.1, -0.05) is 13.0 Å². The van der Waals surface area contributed by atoms with E-state index in [1.807, 2.05) is 37.5 Å². The van der Waals surface area contributed by atoms with E-state index in [0.29, 0.717) is 5.92 Å². The molecule has 0 aromatic carbocycles. The van der Waals surface area contributed by atoms with Crippen molar-refractivity contribution in [3.05, 3.63) is 53.7 Å². The van der Waals surface area contributed by atoms with Crippen LogP contribution in [0.15, 0.2) is 42.2 Å². The van der Waals surface area contributed by atoms with Gasteiger partial charge in [-0.3, -0.25) is 4.98 Å². The van der Waals surface area contributed by atoms with Crippen LogP contribution >= 0.6 is 11.3 Å². The lowest BCUT2D eigenvalue weighted by Gasteiger charge is -2.13. The Bertz CT molecular complexity index is 734. The Morgan fingerprint density at radius 2 is 2.17 bits per heavy atom. The number of rotatable bonds is 7. The Morgan fingerprint density at radius 1 is 1.26 bits per heavy atom. The van der Waals surface area contributed by atoms with Crippen molar-refractivity contribution in [3.63, 3.8) is 0 Å². The van der Waals surface area contributed by atoms with Crippen LogP contribution in [0.4, 0.5) is 0 Å². The minimum absolute atomic E-state index is 0.539. The lowest BCUT2D eigenvalue weighted by Crippen LogP contribution is -2.24. The maximum absolute atomic E-state index is 4.65. The van der Waals surface area contributed by atoms with E-state index in [2.05, 4.69) is 37.1 Å². The van der Waals surface area contributed by atoms with E-state index >= 15 is 0 Å². The van der Waals surface area contributed by atoms with Gasteiger partial charge < -0.3 is 9.88 Å². The number of imidazole rings is 1. The summed E-state index contributed by atoms with van der Waals surface area (Å²) in [4.78, 5) is 13.2. The van der Waals surface area contributed by atoms with Crippen molar-refractivity contribution >= 4 is 11.3 Å². The molecule has 120 valence electrons. The fraction of sp³-hybridized carbons (Fsp3) is 0.353. The van der Waals surface area contributed by atoms with Crippen molar-refractivity contribution in [1.29, 1.82) is 0 Å². The molecule has 0 fully saturated rings. The van der Waals surface area contributed by atoms with E-state index in [1.54, 1.807) is 17.5 Å². The molecule has 3 aromatic heterocycles. The molecule has 0 spiro atoms. The minimum Gasteiger partial charge on any atom is -0.335 e. The second-order valence-corrected chi connectivity index (χ2v) is 6.58. The zero-order chi connectivity index (χ0) is 16.1. The standard InChI is InChI=1S/C17H21N5S/c1-13(11-22-8-7-19-14(22)2)9-18-10-15-12-23-17(21-15)16-5-3-4-6-20-16/h3-8,12-13,18H,9-11H2,1-2H3. The number of nitrogens with one attached hydrogen (secondary N) is 1. The molecule has 0 amide bonds.